The molecule has 0 fully saturated rings. The topological polar surface area (TPSA) is 65.8 Å². The van der Waals surface area contributed by atoms with Gasteiger partial charge in [0.15, 0.2) is 0 Å². The van der Waals surface area contributed by atoms with E-state index in [2.05, 4.69) is 45.0 Å². The summed E-state index contributed by atoms with van der Waals surface area (Å²) in [5.74, 6) is -1.41. The van der Waals surface area contributed by atoms with Crippen molar-refractivity contribution in [3.63, 3.8) is 0 Å². The van der Waals surface area contributed by atoms with Crippen molar-refractivity contribution in [2.24, 2.45) is 5.41 Å². The number of halogens is 2. The summed E-state index contributed by atoms with van der Waals surface area (Å²) in [5.41, 5.74) is 6.80. The van der Waals surface area contributed by atoms with E-state index >= 15 is 4.39 Å². The third-order valence-electron chi connectivity index (χ3n) is 10.8. The predicted octanol–water partition coefficient (Wildman–Crippen LogP) is 11.6. The number of benzene rings is 5. The summed E-state index contributed by atoms with van der Waals surface area (Å²) >= 11 is 1.59. The summed E-state index contributed by atoms with van der Waals surface area (Å²) in [5, 5.41) is 10.6. The van der Waals surface area contributed by atoms with Crippen LogP contribution in [0.1, 0.15) is 71.9 Å². The van der Waals surface area contributed by atoms with Crippen LogP contribution in [0, 0.1) is 17.0 Å². The highest BCUT2D eigenvalue weighted by Crippen LogP contribution is 2.45. The Kier molecular flexibility index (Phi) is 11.7. The molecule has 57 heavy (non-hydrogen) atoms. The van der Waals surface area contributed by atoms with E-state index in [9.17, 15) is 19.1 Å². The average molecular weight is 784 g/mol. The summed E-state index contributed by atoms with van der Waals surface area (Å²) in [6.45, 7) is 7.35. The minimum atomic E-state index is -1.02. The number of rotatable bonds is 13. The van der Waals surface area contributed by atoms with Crippen molar-refractivity contribution in [3.8, 4) is 22.3 Å². The molecule has 292 valence electrons. The number of hydrogen-bond donors (Lipinski definition) is 1. The molecule has 1 atom stereocenters. The molecule has 2 amide bonds. The predicted molar refractivity (Wildman–Crippen MR) is 225 cm³/mol. The van der Waals surface area contributed by atoms with E-state index in [4.69, 9.17) is 0 Å². The lowest BCUT2D eigenvalue weighted by atomic mass is 9.82. The number of nitrogens with zero attached hydrogens (tertiary/aromatic N) is 3. The maximum absolute atomic E-state index is 15.4. The average Bonchev–Trinajstić information content (AvgIpc) is 3.75. The van der Waals surface area contributed by atoms with Gasteiger partial charge < -0.3 is 19.5 Å². The molecule has 1 aliphatic carbocycles. The number of carbonyl (C=O) groups is 2. The Labute approximate surface area is 337 Å². The molecule has 0 bridgehead atoms. The molecular formula is C48H47F2N3O3S. The van der Waals surface area contributed by atoms with Gasteiger partial charge in [-0.25, -0.2) is 13.6 Å². The molecule has 1 aromatic heterocycles. The first-order valence-electron chi connectivity index (χ1n) is 19.2. The molecule has 1 heterocycles. The van der Waals surface area contributed by atoms with Gasteiger partial charge in [-0.1, -0.05) is 99.6 Å². The van der Waals surface area contributed by atoms with Crippen LogP contribution in [-0.2, 0) is 6.54 Å². The van der Waals surface area contributed by atoms with Gasteiger partial charge in [0, 0.05) is 65.6 Å². The summed E-state index contributed by atoms with van der Waals surface area (Å²) in [6.07, 6.45) is 3.16. The van der Waals surface area contributed by atoms with E-state index in [1.54, 1.807) is 11.8 Å². The smallest absolute Gasteiger partial charge is 0.407 e. The van der Waals surface area contributed by atoms with Crippen LogP contribution in [0.3, 0.4) is 0 Å². The lowest BCUT2D eigenvalue weighted by molar-refractivity contribution is 0.0481. The first-order valence-corrected chi connectivity index (χ1v) is 20.5. The highest BCUT2D eigenvalue weighted by Gasteiger charge is 2.38. The number of carboxylic acid groups (broad SMARTS) is 1. The maximum Gasteiger partial charge on any atom is 0.407 e. The molecule has 0 saturated carbocycles. The molecule has 0 aliphatic heterocycles. The number of hydrogen-bond acceptors (Lipinski definition) is 3. The summed E-state index contributed by atoms with van der Waals surface area (Å²) in [7, 11) is 0. The molecule has 7 rings (SSSR count). The van der Waals surface area contributed by atoms with Gasteiger partial charge in [0.1, 0.15) is 11.6 Å². The fourth-order valence-electron chi connectivity index (χ4n) is 8.23. The molecule has 1 aliphatic rings. The van der Waals surface area contributed by atoms with E-state index in [0.717, 1.165) is 50.5 Å². The zero-order chi connectivity index (χ0) is 40.3. The van der Waals surface area contributed by atoms with Crippen molar-refractivity contribution >= 4 is 23.8 Å². The Bertz CT molecular complexity index is 2330. The number of fused-ring (bicyclic) bond motifs is 3. The Morgan fingerprint density at radius 3 is 2.04 bits per heavy atom. The second-order valence-corrected chi connectivity index (χ2v) is 16.6. The molecule has 5 aromatic carbocycles. The molecule has 0 radical (unpaired) electrons. The first kappa shape index (κ1) is 39.6. The van der Waals surface area contributed by atoms with Gasteiger partial charge in [-0.05, 0) is 94.4 Å². The molecule has 0 unspecified atom stereocenters. The maximum atomic E-state index is 15.4. The fraction of sp³-hybridized carbons (Fsp3) is 0.250. The molecular weight excluding hydrogens is 737 g/mol. The van der Waals surface area contributed by atoms with Crippen LogP contribution in [0.15, 0.2) is 138 Å². The van der Waals surface area contributed by atoms with Crippen LogP contribution in [0.5, 0.6) is 0 Å². The zero-order valence-electron chi connectivity index (χ0n) is 32.7. The number of thioether (sulfide) groups is 1. The fourth-order valence-corrected chi connectivity index (χ4v) is 8.64. The monoisotopic (exact) mass is 783 g/mol. The second-order valence-electron chi connectivity index (χ2n) is 15.7. The summed E-state index contributed by atoms with van der Waals surface area (Å²) in [6, 6.07) is 38.5. The van der Waals surface area contributed by atoms with Gasteiger partial charge in [-0.2, -0.15) is 0 Å². The molecule has 1 N–H and O–H groups in total. The molecule has 6 aromatic rings. The lowest BCUT2D eigenvalue weighted by Crippen LogP contribution is -2.44. The van der Waals surface area contributed by atoms with Gasteiger partial charge in [0.25, 0.3) is 5.91 Å². The highest BCUT2D eigenvalue weighted by molar-refractivity contribution is 7.98. The zero-order valence-corrected chi connectivity index (χ0v) is 33.5. The van der Waals surface area contributed by atoms with Crippen molar-refractivity contribution in [1.29, 1.82) is 0 Å². The summed E-state index contributed by atoms with van der Waals surface area (Å²) < 4.78 is 32.0. The van der Waals surface area contributed by atoms with Crippen molar-refractivity contribution < 1.29 is 23.5 Å². The van der Waals surface area contributed by atoms with Crippen LogP contribution < -0.4 is 0 Å². The molecule has 0 spiro atoms. The van der Waals surface area contributed by atoms with Crippen molar-refractivity contribution in [3.05, 3.63) is 173 Å². The van der Waals surface area contributed by atoms with E-state index in [-0.39, 0.29) is 37.0 Å². The Hall–Kier alpha value is -5.67. The van der Waals surface area contributed by atoms with Crippen LogP contribution in [0.4, 0.5) is 13.6 Å². The SMILES string of the molecule is CSc1ccc(C(=O)N(CCCN(CC2c3ccccc3-c3ccccc32)C(=O)O)[C@@H](c2cc(-c3cc(F)ccc3F)cn2Cc2ccccc2)C(C)(C)C)cc1. The van der Waals surface area contributed by atoms with Crippen LogP contribution in [0.25, 0.3) is 22.3 Å². The van der Waals surface area contributed by atoms with Gasteiger partial charge in [0.2, 0.25) is 0 Å². The van der Waals surface area contributed by atoms with Crippen LogP contribution >= 0.6 is 11.8 Å². The van der Waals surface area contributed by atoms with Gasteiger partial charge in [-0.15, -0.1) is 11.8 Å². The van der Waals surface area contributed by atoms with E-state index in [1.807, 2.05) is 107 Å². The first-order chi connectivity index (χ1) is 27.4. The van der Waals surface area contributed by atoms with Crippen LogP contribution in [0.2, 0.25) is 0 Å². The summed E-state index contributed by atoms with van der Waals surface area (Å²) in [4.78, 5) is 32.1. The third kappa shape index (κ3) is 8.54. The minimum absolute atomic E-state index is 0.119. The van der Waals surface area contributed by atoms with E-state index in [0.29, 0.717) is 24.1 Å². The normalized spacial score (nSPS) is 12.9. The standard InChI is InChI=1S/C48H47F2N3O3S/c1-48(2,3)45(44-27-34(41-28-35(49)21-24-43(41)50)30-52(44)29-32-13-6-5-7-14-32)53(46(54)33-19-22-36(57-4)23-20-33)26-12-25-51(47(55)56)31-42-39-17-10-8-15-37(39)38-16-9-11-18-40(38)42/h5-11,13-24,27-28,30,42,45H,12,25-26,29,31H2,1-4H3,(H,55,56)/t45-/m0/s1. The number of amides is 2. The van der Waals surface area contributed by atoms with Crippen molar-refractivity contribution in [2.45, 2.75) is 50.6 Å². The van der Waals surface area contributed by atoms with Crippen LogP contribution in [-0.4, -0.2) is 57.4 Å². The minimum Gasteiger partial charge on any atom is -0.465 e. The van der Waals surface area contributed by atoms with Gasteiger partial charge in [-0.3, -0.25) is 4.79 Å². The van der Waals surface area contributed by atoms with Gasteiger partial charge >= 0.3 is 6.09 Å². The largest absolute Gasteiger partial charge is 0.465 e. The van der Waals surface area contributed by atoms with E-state index in [1.165, 1.54) is 11.0 Å². The lowest BCUT2D eigenvalue weighted by Gasteiger charge is -2.41. The number of aromatic nitrogens is 1. The molecule has 6 nitrogen and oxygen atoms in total. The van der Waals surface area contributed by atoms with Crippen molar-refractivity contribution in [1.82, 2.24) is 14.4 Å². The molecule has 0 saturated heterocycles. The second kappa shape index (κ2) is 16.8. The van der Waals surface area contributed by atoms with E-state index < -0.39 is 29.2 Å². The molecule has 9 heteroatoms. The quantitative estimate of drug-likeness (QED) is 0.118. The van der Waals surface area contributed by atoms with Crippen molar-refractivity contribution in [2.75, 3.05) is 25.9 Å². The Morgan fingerprint density at radius 2 is 1.42 bits per heavy atom. The number of carbonyl (C=O) groups excluding carboxylic acids is 1. The third-order valence-corrected chi connectivity index (χ3v) is 11.6. The Balaban J connectivity index is 1.26. The Morgan fingerprint density at radius 1 is 0.789 bits per heavy atom. The van der Waals surface area contributed by atoms with Gasteiger partial charge in [0.05, 0.1) is 6.04 Å². The highest BCUT2D eigenvalue weighted by atomic mass is 32.2.